The first-order valence-electron chi connectivity index (χ1n) is 7.35. The standard InChI is InChI=1S/C16H19N3O2/c1-10-7-8-11(2)14(16(20)21)13(10)15-18-17-12-6-4-3-5-9-19(12)15/h7-8H,3-6,9H2,1-2H3,(H,20,21). The minimum absolute atomic E-state index is 0.342. The van der Waals surface area contributed by atoms with Crippen LogP contribution in [-0.4, -0.2) is 25.8 Å². The lowest BCUT2D eigenvalue weighted by atomic mass is 9.96. The van der Waals surface area contributed by atoms with Gasteiger partial charge in [-0.1, -0.05) is 18.6 Å². The molecule has 0 saturated heterocycles. The van der Waals surface area contributed by atoms with Crippen LogP contribution < -0.4 is 0 Å². The first-order valence-corrected chi connectivity index (χ1v) is 7.35. The second-order valence-corrected chi connectivity index (χ2v) is 5.66. The highest BCUT2D eigenvalue weighted by atomic mass is 16.4. The van der Waals surface area contributed by atoms with Crippen molar-refractivity contribution in [3.05, 3.63) is 34.6 Å². The van der Waals surface area contributed by atoms with Gasteiger partial charge in [-0.15, -0.1) is 10.2 Å². The molecule has 0 bridgehead atoms. The van der Waals surface area contributed by atoms with Crippen molar-refractivity contribution in [3.63, 3.8) is 0 Å². The first-order chi connectivity index (χ1) is 10.1. The smallest absolute Gasteiger partial charge is 0.336 e. The molecule has 5 heteroatoms. The number of aryl methyl sites for hydroxylation is 3. The van der Waals surface area contributed by atoms with Gasteiger partial charge in [0.2, 0.25) is 0 Å². The van der Waals surface area contributed by atoms with Gasteiger partial charge in [0.15, 0.2) is 5.82 Å². The third-order valence-corrected chi connectivity index (χ3v) is 4.17. The number of hydrogen-bond donors (Lipinski definition) is 1. The molecule has 1 aliphatic rings. The van der Waals surface area contributed by atoms with Gasteiger partial charge in [0.1, 0.15) is 5.82 Å². The number of carbonyl (C=O) groups is 1. The molecule has 1 N–H and O–H groups in total. The summed E-state index contributed by atoms with van der Waals surface area (Å²) in [5, 5.41) is 18.2. The van der Waals surface area contributed by atoms with E-state index < -0.39 is 5.97 Å². The highest BCUT2D eigenvalue weighted by Crippen LogP contribution is 2.30. The maximum atomic E-state index is 11.7. The van der Waals surface area contributed by atoms with Crippen molar-refractivity contribution in [2.75, 3.05) is 0 Å². The predicted octanol–water partition coefficient (Wildman–Crippen LogP) is 2.99. The number of rotatable bonds is 2. The summed E-state index contributed by atoms with van der Waals surface area (Å²) in [5.74, 6) is 0.766. The second-order valence-electron chi connectivity index (χ2n) is 5.66. The lowest BCUT2D eigenvalue weighted by Crippen LogP contribution is -2.09. The predicted molar refractivity (Wildman–Crippen MR) is 79.4 cm³/mol. The number of carboxylic acid groups (broad SMARTS) is 1. The Morgan fingerprint density at radius 2 is 1.90 bits per heavy atom. The van der Waals surface area contributed by atoms with E-state index in [1.165, 1.54) is 6.42 Å². The molecule has 0 saturated carbocycles. The number of carboxylic acids is 1. The maximum Gasteiger partial charge on any atom is 0.336 e. The van der Waals surface area contributed by atoms with Crippen LogP contribution >= 0.6 is 0 Å². The number of hydrogen-bond acceptors (Lipinski definition) is 3. The molecular formula is C16H19N3O2. The number of nitrogens with zero attached hydrogens (tertiary/aromatic N) is 3. The fraction of sp³-hybridized carbons (Fsp3) is 0.438. The van der Waals surface area contributed by atoms with Crippen molar-refractivity contribution >= 4 is 5.97 Å². The zero-order valence-electron chi connectivity index (χ0n) is 12.4. The van der Waals surface area contributed by atoms with E-state index in [-0.39, 0.29) is 0 Å². The van der Waals surface area contributed by atoms with Gasteiger partial charge in [0, 0.05) is 18.5 Å². The summed E-state index contributed by atoms with van der Waals surface area (Å²) in [6.07, 6.45) is 4.31. The summed E-state index contributed by atoms with van der Waals surface area (Å²) >= 11 is 0. The molecule has 0 atom stereocenters. The van der Waals surface area contributed by atoms with Gasteiger partial charge >= 0.3 is 5.97 Å². The van der Waals surface area contributed by atoms with E-state index in [0.29, 0.717) is 17.0 Å². The zero-order valence-corrected chi connectivity index (χ0v) is 12.4. The van der Waals surface area contributed by atoms with E-state index >= 15 is 0 Å². The highest BCUT2D eigenvalue weighted by Gasteiger charge is 2.23. The molecule has 1 aliphatic heterocycles. The lowest BCUT2D eigenvalue weighted by molar-refractivity contribution is 0.0697. The van der Waals surface area contributed by atoms with Gasteiger partial charge in [-0.05, 0) is 37.8 Å². The van der Waals surface area contributed by atoms with Crippen LogP contribution in [0.5, 0.6) is 0 Å². The van der Waals surface area contributed by atoms with Crippen molar-refractivity contribution < 1.29 is 9.90 Å². The average molecular weight is 285 g/mol. The third kappa shape index (κ3) is 2.33. The van der Waals surface area contributed by atoms with Gasteiger partial charge in [-0.2, -0.15) is 0 Å². The molecule has 1 aromatic carbocycles. The van der Waals surface area contributed by atoms with Gasteiger partial charge in [-0.3, -0.25) is 0 Å². The van der Waals surface area contributed by atoms with Crippen molar-refractivity contribution in [3.8, 4) is 11.4 Å². The van der Waals surface area contributed by atoms with E-state index in [1.54, 1.807) is 0 Å². The van der Waals surface area contributed by atoms with E-state index in [1.807, 2.05) is 26.0 Å². The Labute approximate surface area is 123 Å². The Kier molecular flexibility index (Phi) is 3.49. The maximum absolute atomic E-state index is 11.7. The molecule has 0 unspecified atom stereocenters. The van der Waals surface area contributed by atoms with Crippen LogP contribution in [0.25, 0.3) is 11.4 Å². The van der Waals surface area contributed by atoms with Crippen molar-refractivity contribution in [2.24, 2.45) is 0 Å². The number of aromatic nitrogens is 3. The Hall–Kier alpha value is -2.17. The zero-order chi connectivity index (χ0) is 15.0. The van der Waals surface area contributed by atoms with Crippen LogP contribution in [0, 0.1) is 13.8 Å². The summed E-state index contributed by atoms with van der Waals surface area (Å²) in [7, 11) is 0. The highest BCUT2D eigenvalue weighted by molar-refractivity contribution is 5.97. The summed E-state index contributed by atoms with van der Waals surface area (Å²) in [4.78, 5) is 11.7. The summed E-state index contributed by atoms with van der Waals surface area (Å²) < 4.78 is 2.10. The van der Waals surface area contributed by atoms with Crippen LogP contribution in [-0.2, 0) is 13.0 Å². The fourth-order valence-electron chi connectivity index (χ4n) is 3.04. The van der Waals surface area contributed by atoms with Crippen molar-refractivity contribution in [1.29, 1.82) is 0 Å². The summed E-state index contributed by atoms with van der Waals surface area (Å²) in [6.45, 7) is 4.62. The Morgan fingerprint density at radius 3 is 2.67 bits per heavy atom. The molecule has 3 rings (SSSR count). The van der Waals surface area contributed by atoms with Crippen LogP contribution in [0.3, 0.4) is 0 Å². The van der Waals surface area contributed by atoms with E-state index in [2.05, 4.69) is 14.8 Å². The quantitative estimate of drug-likeness (QED) is 0.921. The van der Waals surface area contributed by atoms with Gasteiger partial charge in [0.05, 0.1) is 5.56 Å². The molecule has 0 fully saturated rings. The molecule has 21 heavy (non-hydrogen) atoms. The summed E-state index contributed by atoms with van der Waals surface area (Å²) in [6, 6.07) is 3.80. The number of aromatic carboxylic acids is 1. The topological polar surface area (TPSA) is 68.0 Å². The molecule has 5 nitrogen and oxygen atoms in total. The fourth-order valence-corrected chi connectivity index (χ4v) is 3.04. The summed E-state index contributed by atoms with van der Waals surface area (Å²) in [5.41, 5.74) is 2.74. The SMILES string of the molecule is Cc1ccc(C)c(-c2nnc3n2CCCCC3)c1C(=O)O. The van der Waals surface area contributed by atoms with E-state index in [4.69, 9.17) is 0 Å². The lowest BCUT2D eigenvalue weighted by Gasteiger charge is -2.13. The van der Waals surface area contributed by atoms with Crippen LogP contribution in [0.2, 0.25) is 0 Å². The molecule has 110 valence electrons. The molecule has 0 spiro atoms. The van der Waals surface area contributed by atoms with Gasteiger partial charge < -0.3 is 9.67 Å². The Bertz CT molecular complexity index is 704. The van der Waals surface area contributed by atoms with E-state index in [9.17, 15) is 9.90 Å². The molecule has 0 radical (unpaired) electrons. The first kappa shape index (κ1) is 13.8. The van der Waals surface area contributed by atoms with Crippen molar-refractivity contribution in [2.45, 2.75) is 46.1 Å². The van der Waals surface area contributed by atoms with Crippen molar-refractivity contribution in [1.82, 2.24) is 14.8 Å². The Balaban J connectivity index is 2.24. The minimum atomic E-state index is -0.905. The Morgan fingerprint density at radius 1 is 1.14 bits per heavy atom. The number of fused-ring (bicyclic) bond motifs is 1. The monoisotopic (exact) mass is 285 g/mol. The normalized spacial score (nSPS) is 14.6. The van der Waals surface area contributed by atoms with Gasteiger partial charge in [0.25, 0.3) is 0 Å². The minimum Gasteiger partial charge on any atom is -0.478 e. The van der Waals surface area contributed by atoms with E-state index in [0.717, 1.165) is 42.8 Å². The third-order valence-electron chi connectivity index (χ3n) is 4.17. The van der Waals surface area contributed by atoms with Crippen LogP contribution in [0.1, 0.15) is 46.6 Å². The molecule has 1 aromatic heterocycles. The molecule has 2 heterocycles. The second kappa shape index (κ2) is 5.31. The molecular weight excluding hydrogens is 266 g/mol. The average Bonchev–Trinajstić information content (AvgIpc) is 2.68. The molecule has 0 amide bonds. The molecule has 0 aliphatic carbocycles. The molecule has 2 aromatic rings. The van der Waals surface area contributed by atoms with Gasteiger partial charge in [-0.25, -0.2) is 4.79 Å². The van der Waals surface area contributed by atoms with Crippen LogP contribution in [0.4, 0.5) is 0 Å². The largest absolute Gasteiger partial charge is 0.478 e. The number of benzene rings is 1. The van der Waals surface area contributed by atoms with Crippen LogP contribution in [0.15, 0.2) is 12.1 Å².